The summed E-state index contributed by atoms with van der Waals surface area (Å²) in [4.78, 5) is 120. The van der Waals surface area contributed by atoms with Crippen molar-refractivity contribution in [2.24, 2.45) is 23.7 Å². The van der Waals surface area contributed by atoms with Gasteiger partial charge in [0.05, 0.1) is 0 Å². The van der Waals surface area contributed by atoms with E-state index >= 15 is 0 Å². The van der Waals surface area contributed by atoms with E-state index in [2.05, 4.69) is 97.8 Å². The first-order valence-electron chi connectivity index (χ1n) is 30.8. The first-order valence-corrected chi connectivity index (χ1v) is 30.8. The van der Waals surface area contributed by atoms with Gasteiger partial charge in [-0.05, 0) is 94.4 Å². The van der Waals surface area contributed by atoms with E-state index in [-0.39, 0.29) is 167 Å². The van der Waals surface area contributed by atoms with Crippen molar-refractivity contribution < 1.29 is 151 Å². The fourth-order valence-electron chi connectivity index (χ4n) is 5.73. The van der Waals surface area contributed by atoms with Crippen LogP contribution in [0.25, 0.3) is 0 Å². The number of carbonyl (C=O) groups excluding carboxylic acids is 12. The van der Waals surface area contributed by atoms with Crippen LogP contribution in [0.4, 0.5) is 0 Å². The van der Waals surface area contributed by atoms with Crippen molar-refractivity contribution >= 4 is 59.6 Å². The van der Waals surface area contributed by atoms with Crippen molar-refractivity contribution in [3.63, 3.8) is 0 Å². The molecular weight excluding hydrogens is 1220 g/mol. The van der Waals surface area contributed by atoms with Crippen molar-refractivity contribution in [3.05, 3.63) is 144 Å². The van der Waals surface area contributed by atoms with Gasteiger partial charge in [0.2, 0.25) is 17.7 Å². The monoisotopic (exact) mass is 1320 g/mol. The van der Waals surface area contributed by atoms with Gasteiger partial charge in [-0.2, -0.15) is 19.2 Å². The van der Waals surface area contributed by atoms with Crippen LogP contribution >= 0.6 is 0 Å². The zero-order valence-electron chi connectivity index (χ0n) is 59.4. The van der Waals surface area contributed by atoms with E-state index in [1.54, 1.807) is 31.2 Å². The molecule has 23 heteroatoms. The molecule has 0 aliphatic rings. The Balaban J connectivity index is -0.000000149. The number of nitrogens with one attached hydrogen (secondary N) is 7. The molecule has 0 bridgehead atoms. The molecule has 7 amide bonds. The van der Waals surface area contributed by atoms with Crippen LogP contribution in [0.1, 0.15) is 210 Å². The molecule has 0 fully saturated rings. The molecule has 7 N–H and O–H groups in total. The van der Waals surface area contributed by atoms with E-state index < -0.39 is 5.97 Å². The molecule has 4 aromatic rings. The van der Waals surface area contributed by atoms with E-state index in [9.17, 15) is 43.5 Å². The normalized spacial score (nSPS) is 11.3. The van der Waals surface area contributed by atoms with Crippen molar-refractivity contribution in [1.29, 1.82) is 0 Å². The van der Waals surface area contributed by atoms with Gasteiger partial charge in [-0.3, -0.25) is 24.0 Å². The molecule has 4 rings (SSSR count). The molecule has 0 saturated carbocycles. The van der Waals surface area contributed by atoms with Crippen molar-refractivity contribution in [1.82, 2.24) is 37.2 Å². The van der Waals surface area contributed by atoms with Crippen LogP contribution in [-0.4, -0.2) is 104 Å². The van der Waals surface area contributed by atoms with Crippen molar-refractivity contribution in [3.8, 4) is 0 Å². The first-order chi connectivity index (χ1) is 42.7. The van der Waals surface area contributed by atoms with E-state index in [0.29, 0.717) is 47.4 Å². The maximum atomic E-state index is 11.6. The number of carboxylic acid groups (broad SMARTS) is 1. The van der Waals surface area contributed by atoms with Crippen LogP contribution in [0.2, 0.25) is 0 Å². The van der Waals surface area contributed by atoms with Gasteiger partial charge in [0, 0.05) is 81.7 Å². The third-order valence-corrected chi connectivity index (χ3v) is 12.9. The largest absolute Gasteiger partial charge is 1.00 e. The Morgan fingerprint density at radius 3 is 1.01 bits per heavy atom. The summed E-state index contributed by atoms with van der Waals surface area (Å²) in [5.74, 6) is 0.783. The number of benzene rings is 4. The molecule has 0 spiro atoms. The Kier molecular flexibility index (Phi) is 80.4. The molecule has 93 heavy (non-hydrogen) atoms. The zero-order chi connectivity index (χ0) is 69.7. The predicted octanol–water partition coefficient (Wildman–Crippen LogP) is 0.569. The van der Waals surface area contributed by atoms with E-state index in [0.717, 1.165) is 75.7 Å². The molecule has 0 aromatic heterocycles. The number of amides is 7. The second-order valence-corrected chi connectivity index (χ2v) is 21.1. The van der Waals surface area contributed by atoms with E-state index in [4.69, 9.17) is 19.2 Å². The van der Waals surface area contributed by atoms with Crippen LogP contribution in [0, 0.1) is 35.8 Å². The summed E-state index contributed by atoms with van der Waals surface area (Å²) >= 11 is 0. The smallest absolute Gasteiger partial charge is 0.550 e. The fraction of sp³-hybridized carbons (Fsp3) is 0.514. The Hall–Kier alpha value is -5.60. The average Bonchev–Trinajstić information content (AvgIpc) is 1.83. The molecule has 7 atom stereocenters. The fourth-order valence-corrected chi connectivity index (χ4v) is 5.73. The van der Waals surface area contributed by atoms with Crippen LogP contribution in [0.15, 0.2) is 109 Å². The van der Waals surface area contributed by atoms with Crippen LogP contribution in [-0.2, 0) is 38.4 Å². The van der Waals surface area contributed by atoms with Crippen LogP contribution < -0.4 is 131 Å². The van der Waals surface area contributed by atoms with Gasteiger partial charge in [0.15, 0.2) is 11.8 Å². The molecule has 0 radical (unpaired) electrons. The van der Waals surface area contributed by atoms with Gasteiger partial charge >= 0.3 is 101 Å². The topological polar surface area (TPSA) is 312 Å². The summed E-state index contributed by atoms with van der Waals surface area (Å²) in [5, 5.41) is 29.7. The quantitative estimate of drug-likeness (QED) is 0.0353. The maximum absolute atomic E-state index is 11.6. The molecule has 502 valence electrons. The number of aliphatic carboxylic acids is 1. The Morgan fingerprint density at radius 2 is 0.699 bits per heavy atom. The van der Waals surface area contributed by atoms with Gasteiger partial charge in [-0.25, -0.2) is 0 Å². The number of carboxylic acids is 1. The molecule has 0 heterocycles. The molecule has 0 saturated heterocycles. The minimum absolute atomic E-state index is 0. The SMILES string of the molecule is CCC(C)CNC(=O)CCC(=O)[O-].CCC(C)CNC(=O)c1[c-]cccc1.CCC(C)CNC(=O)c1ccccc1.CCC(C)CNC(C)=O.CCC(C)NC(=O)c1[c-]cccc1.CCC(C)NC(=O)c1ccccc1.CCC(C)NC(C)=O.O=C=O.O=C=O.[Na+].[Na+].[Na+]. The molecule has 4 aromatic carbocycles. The molecule has 0 aliphatic carbocycles. The van der Waals surface area contributed by atoms with Crippen molar-refractivity contribution in [2.75, 3.05) is 26.2 Å². The van der Waals surface area contributed by atoms with Gasteiger partial charge in [0.1, 0.15) is 0 Å². The van der Waals surface area contributed by atoms with Crippen molar-refractivity contribution in [2.45, 2.75) is 187 Å². The number of hydrogen-bond donors (Lipinski definition) is 7. The number of carbonyl (C=O) groups is 8. The summed E-state index contributed by atoms with van der Waals surface area (Å²) in [6.45, 7) is 34.9. The Bertz CT molecular complexity index is 2430. The molecule has 20 nitrogen and oxygen atoms in total. The summed E-state index contributed by atoms with van der Waals surface area (Å²) < 4.78 is 0. The number of hydrogen-bond acceptors (Lipinski definition) is 13. The average molecular weight is 1320 g/mol. The third-order valence-electron chi connectivity index (χ3n) is 12.9. The summed E-state index contributed by atoms with van der Waals surface area (Å²) in [6, 6.07) is 39.6. The summed E-state index contributed by atoms with van der Waals surface area (Å²) in [7, 11) is 0. The van der Waals surface area contributed by atoms with E-state index in [1.807, 2.05) is 133 Å². The number of rotatable bonds is 25. The predicted molar refractivity (Wildman–Crippen MR) is 350 cm³/mol. The van der Waals surface area contributed by atoms with Crippen LogP contribution in [0.3, 0.4) is 0 Å². The zero-order valence-corrected chi connectivity index (χ0v) is 65.4. The summed E-state index contributed by atoms with van der Waals surface area (Å²) in [5.41, 5.74) is 2.66. The van der Waals surface area contributed by atoms with E-state index in [1.165, 1.54) is 6.92 Å². The molecular formula is C70H106N7Na3O13. The molecule has 0 aliphatic heterocycles. The second kappa shape index (κ2) is 72.2. The third kappa shape index (κ3) is 70.6. The van der Waals surface area contributed by atoms with Gasteiger partial charge in [-0.1, -0.05) is 149 Å². The maximum Gasteiger partial charge on any atom is 1.00 e. The summed E-state index contributed by atoms with van der Waals surface area (Å²) in [6.07, 6.45) is 7.51. The van der Waals surface area contributed by atoms with Crippen LogP contribution in [0.5, 0.6) is 0 Å². The minimum Gasteiger partial charge on any atom is -0.550 e. The first kappa shape index (κ1) is 103. The van der Waals surface area contributed by atoms with Gasteiger partial charge in [-0.15, -0.1) is 60.7 Å². The standard InChI is InChI=1S/C12H17NO.C12H16NO.C11H15NO.C11H14NO.C9H17NO3.C7H15NO.C6H13NO.2CO2.3Na/c2*1-3-10(2)9-13-12(14)11-7-5-4-6-8-11;2*1-3-9(2)12-11(13)10-7-5-4-6-8-10;1-3-7(2)6-10-8(11)4-5-9(12)13;1-4-6(2)5-8-7(3)9;1-4-5(2)7-6(3)8;2*2-1-3;;;/h4-8,10H,3,9H2,1-2H3,(H,13,14);4-7,10H,3,9H2,1-2H3,(H,13,14);4-9H,3H2,1-2H3,(H,12,13);4-7,9H,3H2,1-2H3,(H,12,13);7H,3-6H2,1-2H3,(H,10,11)(H,12,13);6H,4-5H2,1-3H3,(H,8,9);5H,4H2,1-3H3,(H,7,8);;;;;/q;-1;;-1;;;;;;3*+1/p-1. The van der Waals surface area contributed by atoms with Gasteiger partial charge < -0.3 is 56.7 Å². The second-order valence-electron chi connectivity index (χ2n) is 21.1. The minimum atomic E-state index is -1.18. The Labute approximate surface area is 622 Å². The molecule has 7 unspecified atom stereocenters. The van der Waals surface area contributed by atoms with Gasteiger partial charge in [0.25, 0.3) is 11.8 Å². The Morgan fingerprint density at radius 1 is 0.387 bits per heavy atom.